The minimum absolute atomic E-state index is 0.674. The topological polar surface area (TPSA) is 92.4 Å². The van der Waals surface area contributed by atoms with Gasteiger partial charge in [0, 0.05) is 38.7 Å². The van der Waals surface area contributed by atoms with E-state index in [0.717, 1.165) is 44.6 Å². The van der Waals surface area contributed by atoms with Gasteiger partial charge in [0.1, 0.15) is 11.4 Å². The van der Waals surface area contributed by atoms with E-state index in [0.29, 0.717) is 11.5 Å². The van der Waals surface area contributed by atoms with Crippen LogP contribution in [0.2, 0.25) is 0 Å². The zero-order valence-electron chi connectivity index (χ0n) is 17.4. The summed E-state index contributed by atoms with van der Waals surface area (Å²) in [6.45, 7) is 2.11. The Morgan fingerprint density at radius 3 is 2.78 bits per heavy atom. The van der Waals surface area contributed by atoms with E-state index in [1.54, 1.807) is 30.8 Å². The largest absolute Gasteiger partial charge is 0.495 e. The van der Waals surface area contributed by atoms with Gasteiger partial charge in [-0.05, 0) is 48.9 Å². The monoisotopic (exact) mass is 438 g/mol. The number of aryl methyl sites for hydroxylation is 1. The Balaban J connectivity index is 1.49. The van der Waals surface area contributed by atoms with Gasteiger partial charge in [0.2, 0.25) is 0 Å². The van der Waals surface area contributed by atoms with Crippen LogP contribution in [0.25, 0.3) is 55.2 Å². The SMILES string of the molecule is COc1cncc(-c2ccc3[nH]nc(-c4nc5nccc(-c6ccc(C)s6)c5[nH]4)c3c2)c1. The van der Waals surface area contributed by atoms with Gasteiger partial charge in [-0.25, -0.2) is 9.97 Å². The van der Waals surface area contributed by atoms with Gasteiger partial charge in [0.25, 0.3) is 0 Å². The molecular weight excluding hydrogens is 420 g/mol. The van der Waals surface area contributed by atoms with E-state index in [1.807, 2.05) is 30.5 Å². The molecule has 32 heavy (non-hydrogen) atoms. The van der Waals surface area contributed by atoms with Gasteiger partial charge in [0.05, 0.1) is 24.3 Å². The molecule has 0 aliphatic heterocycles. The van der Waals surface area contributed by atoms with Gasteiger partial charge in [-0.15, -0.1) is 11.3 Å². The predicted molar refractivity (Wildman–Crippen MR) is 127 cm³/mol. The first kappa shape index (κ1) is 18.7. The van der Waals surface area contributed by atoms with Crippen LogP contribution in [0.1, 0.15) is 4.88 Å². The van der Waals surface area contributed by atoms with Crippen LogP contribution in [0, 0.1) is 6.92 Å². The molecule has 2 N–H and O–H groups in total. The van der Waals surface area contributed by atoms with Crippen LogP contribution in [-0.4, -0.2) is 37.2 Å². The molecule has 0 fully saturated rings. The second-order valence-electron chi connectivity index (χ2n) is 7.50. The number of H-pyrrole nitrogens is 2. The van der Waals surface area contributed by atoms with Gasteiger partial charge in [-0.1, -0.05) is 6.07 Å². The average Bonchev–Trinajstić information content (AvgIpc) is 3.55. The van der Waals surface area contributed by atoms with Crippen LogP contribution in [-0.2, 0) is 0 Å². The highest BCUT2D eigenvalue weighted by Gasteiger charge is 2.17. The second-order valence-corrected chi connectivity index (χ2v) is 8.79. The van der Waals surface area contributed by atoms with Crippen molar-refractivity contribution in [3.8, 4) is 38.8 Å². The highest BCUT2D eigenvalue weighted by atomic mass is 32.1. The number of pyridine rings is 2. The molecule has 0 amide bonds. The summed E-state index contributed by atoms with van der Waals surface area (Å²) in [5, 5.41) is 8.64. The molecule has 6 rings (SSSR count). The minimum Gasteiger partial charge on any atom is -0.495 e. The summed E-state index contributed by atoms with van der Waals surface area (Å²) < 4.78 is 5.32. The molecule has 6 aromatic rings. The number of nitrogens with one attached hydrogen (secondary N) is 2. The fraction of sp³-hybridized carbons (Fsp3) is 0.0833. The number of fused-ring (bicyclic) bond motifs is 2. The zero-order chi connectivity index (χ0) is 21.7. The number of benzene rings is 1. The van der Waals surface area contributed by atoms with E-state index in [2.05, 4.69) is 50.3 Å². The number of hydrogen-bond donors (Lipinski definition) is 2. The lowest BCUT2D eigenvalue weighted by Gasteiger charge is -2.04. The fourth-order valence-electron chi connectivity index (χ4n) is 3.87. The Hall–Kier alpha value is -4.04. The molecule has 7 nitrogen and oxygen atoms in total. The van der Waals surface area contributed by atoms with E-state index < -0.39 is 0 Å². The van der Waals surface area contributed by atoms with Crippen LogP contribution in [0.5, 0.6) is 5.75 Å². The second kappa shape index (κ2) is 7.28. The summed E-state index contributed by atoms with van der Waals surface area (Å²) in [6, 6.07) is 14.4. The summed E-state index contributed by atoms with van der Waals surface area (Å²) in [4.78, 5) is 19.4. The van der Waals surface area contributed by atoms with Crippen LogP contribution < -0.4 is 4.74 Å². The Morgan fingerprint density at radius 1 is 1.00 bits per heavy atom. The van der Waals surface area contributed by atoms with Crippen molar-refractivity contribution in [3.63, 3.8) is 0 Å². The van der Waals surface area contributed by atoms with Crippen LogP contribution in [0.15, 0.2) is 61.1 Å². The lowest BCUT2D eigenvalue weighted by molar-refractivity contribution is 0.413. The number of aromatic amines is 2. The van der Waals surface area contributed by atoms with Gasteiger partial charge in [0.15, 0.2) is 11.5 Å². The first-order valence-corrected chi connectivity index (χ1v) is 10.9. The van der Waals surface area contributed by atoms with Crippen molar-refractivity contribution in [2.75, 3.05) is 7.11 Å². The van der Waals surface area contributed by atoms with Crippen molar-refractivity contribution in [1.29, 1.82) is 0 Å². The molecule has 0 saturated carbocycles. The van der Waals surface area contributed by atoms with E-state index in [9.17, 15) is 0 Å². The molecule has 0 atom stereocenters. The Labute approximate surface area is 187 Å². The molecule has 0 radical (unpaired) electrons. The molecular formula is C24H18N6OS. The maximum Gasteiger partial charge on any atom is 0.178 e. The van der Waals surface area contributed by atoms with Crippen molar-refractivity contribution in [3.05, 3.63) is 65.9 Å². The Morgan fingerprint density at radius 2 is 1.94 bits per heavy atom. The maximum absolute atomic E-state index is 5.32. The number of thiophene rings is 1. The van der Waals surface area contributed by atoms with Crippen molar-refractivity contribution in [2.45, 2.75) is 6.92 Å². The molecule has 0 aliphatic rings. The van der Waals surface area contributed by atoms with Crippen molar-refractivity contribution in [1.82, 2.24) is 30.1 Å². The summed E-state index contributed by atoms with van der Waals surface area (Å²) in [7, 11) is 1.64. The summed E-state index contributed by atoms with van der Waals surface area (Å²) in [6.07, 6.45) is 5.32. The highest BCUT2D eigenvalue weighted by Crippen LogP contribution is 2.35. The number of rotatable bonds is 4. The molecule has 0 spiro atoms. The van der Waals surface area contributed by atoms with Crippen molar-refractivity contribution < 1.29 is 4.74 Å². The standard InChI is InChI=1S/C24H18N6OS/c1-13-3-6-20(32-13)17-7-8-26-23-21(17)27-24(28-23)22-18-10-14(4-5-19(18)29-30-22)15-9-16(31-2)12-25-11-15/h3-12H,1-2H3,(H,29,30)(H,26,27,28). The molecule has 1 aromatic carbocycles. The van der Waals surface area contributed by atoms with Gasteiger partial charge in [-0.3, -0.25) is 10.1 Å². The third-order valence-corrected chi connectivity index (χ3v) is 6.50. The summed E-state index contributed by atoms with van der Waals surface area (Å²) in [5.41, 5.74) is 6.36. The first-order valence-electron chi connectivity index (χ1n) is 10.1. The maximum atomic E-state index is 5.32. The molecule has 156 valence electrons. The first-order chi connectivity index (χ1) is 15.7. The highest BCUT2D eigenvalue weighted by molar-refractivity contribution is 7.15. The van der Waals surface area contributed by atoms with Gasteiger partial charge in [-0.2, -0.15) is 5.10 Å². The average molecular weight is 439 g/mol. The quantitative estimate of drug-likeness (QED) is 0.373. The van der Waals surface area contributed by atoms with E-state index in [-0.39, 0.29) is 0 Å². The molecule has 0 unspecified atom stereocenters. The van der Waals surface area contributed by atoms with Gasteiger partial charge < -0.3 is 9.72 Å². The number of aromatic nitrogens is 6. The molecule has 5 aromatic heterocycles. The van der Waals surface area contributed by atoms with Crippen molar-refractivity contribution >= 4 is 33.4 Å². The molecule has 0 saturated heterocycles. The number of hydrogen-bond acceptors (Lipinski definition) is 6. The molecule has 0 aliphatic carbocycles. The molecule has 8 heteroatoms. The van der Waals surface area contributed by atoms with Crippen LogP contribution in [0.3, 0.4) is 0 Å². The lowest BCUT2D eigenvalue weighted by atomic mass is 10.0. The van der Waals surface area contributed by atoms with E-state index in [4.69, 9.17) is 9.72 Å². The minimum atomic E-state index is 0.674. The van der Waals surface area contributed by atoms with Crippen molar-refractivity contribution in [2.24, 2.45) is 0 Å². The summed E-state index contributed by atoms with van der Waals surface area (Å²) >= 11 is 1.75. The third-order valence-electron chi connectivity index (χ3n) is 5.47. The predicted octanol–water partition coefficient (Wildman–Crippen LogP) is 5.61. The van der Waals surface area contributed by atoms with Crippen LogP contribution >= 0.6 is 11.3 Å². The Bertz CT molecular complexity index is 1600. The van der Waals surface area contributed by atoms with Crippen LogP contribution in [0.4, 0.5) is 0 Å². The van der Waals surface area contributed by atoms with E-state index in [1.165, 1.54) is 9.75 Å². The Kier molecular flexibility index (Phi) is 4.26. The fourth-order valence-corrected chi connectivity index (χ4v) is 4.77. The number of ether oxygens (including phenoxy) is 1. The van der Waals surface area contributed by atoms with E-state index >= 15 is 0 Å². The summed E-state index contributed by atoms with van der Waals surface area (Å²) in [5.74, 6) is 1.40. The van der Waals surface area contributed by atoms with Gasteiger partial charge >= 0.3 is 0 Å². The third kappa shape index (κ3) is 3.04. The number of imidazole rings is 1. The zero-order valence-corrected chi connectivity index (χ0v) is 18.2. The normalized spacial score (nSPS) is 11.4. The smallest absolute Gasteiger partial charge is 0.178 e. The number of nitrogens with zero attached hydrogens (tertiary/aromatic N) is 4. The number of methoxy groups -OCH3 is 1. The molecule has 5 heterocycles. The molecule has 0 bridgehead atoms. The lowest BCUT2D eigenvalue weighted by Crippen LogP contribution is -1.86.